The molecule has 1 saturated heterocycles. The lowest BCUT2D eigenvalue weighted by Crippen LogP contribution is -2.54. The standard InChI is InChI=1S/C19H25ClFN7O2/c1-19(2,3)16(22)18(30)27-9-13(21)7-15(27)17(29)23-8-11-6-12(20)4-5-14(11)28-10-24-25-26-28/h4-6,10,13,15-16H,7-9,22H2,1-3H3,(H,23,29)/t13-,15?,16+/m1/s1. The van der Waals surface area contributed by atoms with Crippen LogP contribution in [0, 0.1) is 5.41 Å². The fraction of sp³-hybridized carbons (Fsp3) is 0.526. The summed E-state index contributed by atoms with van der Waals surface area (Å²) in [5, 5.41) is 14.3. The lowest BCUT2D eigenvalue weighted by atomic mass is 9.86. The largest absolute Gasteiger partial charge is 0.350 e. The number of aromatic nitrogens is 4. The zero-order valence-corrected chi connectivity index (χ0v) is 17.8. The number of carbonyl (C=O) groups excluding carboxylic acids is 2. The van der Waals surface area contributed by atoms with Crippen LogP contribution in [0.3, 0.4) is 0 Å². The van der Waals surface area contributed by atoms with E-state index in [1.54, 1.807) is 18.2 Å². The van der Waals surface area contributed by atoms with Crippen LogP contribution in [0.2, 0.25) is 5.02 Å². The molecule has 1 aromatic carbocycles. The van der Waals surface area contributed by atoms with Crippen LogP contribution in [0.5, 0.6) is 0 Å². The Morgan fingerprint density at radius 1 is 1.40 bits per heavy atom. The van der Waals surface area contributed by atoms with E-state index in [1.165, 1.54) is 15.9 Å². The van der Waals surface area contributed by atoms with Crippen LogP contribution in [-0.2, 0) is 16.1 Å². The van der Waals surface area contributed by atoms with Crippen LogP contribution < -0.4 is 11.1 Å². The number of nitrogens with two attached hydrogens (primary N) is 1. The van der Waals surface area contributed by atoms with Crippen molar-refractivity contribution in [3.63, 3.8) is 0 Å². The highest BCUT2D eigenvalue weighted by Crippen LogP contribution is 2.26. The second-order valence-corrected chi connectivity index (χ2v) is 8.86. The summed E-state index contributed by atoms with van der Waals surface area (Å²) in [5.74, 6) is -0.882. The summed E-state index contributed by atoms with van der Waals surface area (Å²) in [6, 6.07) is 3.34. The van der Waals surface area contributed by atoms with Crippen LogP contribution in [0.25, 0.3) is 5.69 Å². The van der Waals surface area contributed by atoms with Gasteiger partial charge in [-0.1, -0.05) is 32.4 Å². The van der Waals surface area contributed by atoms with E-state index < -0.39 is 35.5 Å². The number of rotatable bonds is 5. The van der Waals surface area contributed by atoms with Crippen LogP contribution >= 0.6 is 11.6 Å². The minimum atomic E-state index is -1.28. The van der Waals surface area contributed by atoms with Crippen molar-refractivity contribution in [2.24, 2.45) is 11.1 Å². The molecular formula is C19H25ClFN7O2. The van der Waals surface area contributed by atoms with E-state index >= 15 is 0 Å². The summed E-state index contributed by atoms with van der Waals surface area (Å²) < 4.78 is 15.6. The molecule has 1 aromatic heterocycles. The third-order valence-corrected chi connectivity index (χ3v) is 5.36. The second kappa shape index (κ2) is 8.65. The smallest absolute Gasteiger partial charge is 0.243 e. The van der Waals surface area contributed by atoms with E-state index in [1.807, 2.05) is 20.8 Å². The Morgan fingerprint density at radius 2 is 2.13 bits per heavy atom. The van der Waals surface area contributed by atoms with E-state index in [4.69, 9.17) is 17.3 Å². The van der Waals surface area contributed by atoms with E-state index in [0.717, 1.165) is 0 Å². The summed E-state index contributed by atoms with van der Waals surface area (Å²) in [6.07, 6.45) is 0.0805. The van der Waals surface area contributed by atoms with Crippen molar-refractivity contribution in [2.45, 2.75) is 52.0 Å². The highest BCUT2D eigenvalue weighted by molar-refractivity contribution is 6.30. The van der Waals surface area contributed by atoms with Crippen LogP contribution in [-0.4, -0.2) is 61.7 Å². The first-order valence-corrected chi connectivity index (χ1v) is 9.95. The van der Waals surface area contributed by atoms with E-state index in [2.05, 4.69) is 20.8 Å². The first-order chi connectivity index (χ1) is 14.1. The van der Waals surface area contributed by atoms with Gasteiger partial charge in [-0.3, -0.25) is 9.59 Å². The van der Waals surface area contributed by atoms with Crippen molar-refractivity contribution in [1.82, 2.24) is 30.4 Å². The Kier molecular flexibility index (Phi) is 6.37. The summed E-state index contributed by atoms with van der Waals surface area (Å²) >= 11 is 6.09. The minimum absolute atomic E-state index is 0.0656. The fourth-order valence-corrected chi connectivity index (χ4v) is 3.51. The predicted molar refractivity (Wildman–Crippen MR) is 108 cm³/mol. The lowest BCUT2D eigenvalue weighted by Gasteiger charge is -2.32. The zero-order chi connectivity index (χ0) is 22.1. The number of hydrogen-bond donors (Lipinski definition) is 2. The van der Waals surface area contributed by atoms with Gasteiger partial charge < -0.3 is 16.0 Å². The molecule has 1 unspecified atom stereocenters. The number of amides is 2. The van der Waals surface area contributed by atoms with Crippen molar-refractivity contribution < 1.29 is 14.0 Å². The number of carbonyl (C=O) groups is 2. The van der Waals surface area contributed by atoms with Crippen molar-refractivity contribution in [3.8, 4) is 5.69 Å². The van der Waals surface area contributed by atoms with Gasteiger partial charge in [-0.15, -0.1) is 5.10 Å². The molecule has 0 radical (unpaired) electrons. The number of alkyl halides is 1. The molecule has 30 heavy (non-hydrogen) atoms. The van der Waals surface area contributed by atoms with Gasteiger partial charge in [0.05, 0.1) is 18.3 Å². The van der Waals surface area contributed by atoms with Gasteiger partial charge in [0.2, 0.25) is 11.8 Å². The molecule has 2 aromatic rings. The third kappa shape index (κ3) is 4.76. The third-order valence-electron chi connectivity index (χ3n) is 5.13. The molecule has 0 aliphatic carbocycles. The predicted octanol–water partition coefficient (Wildman–Crippen LogP) is 1.24. The molecule has 1 aliphatic rings. The molecule has 0 saturated carbocycles. The Labute approximate surface area is 178 Å². The average molecular weight is 438 g/mol. The molecule has 0 bridgehead atoms. The Balaban J connectivity index is 1.74. The SMILES string of the molecule is CC(C)(C)[C@@H](N)C(=O)N1C[C@H](F)CC1C(=O)NCc1cc(Cl)ccc1-n1cnnn1. The Morgan fingerprint density at radius 3 is 2.77 bits per heavy atom. The molecule has 11 heteroatoms. The summed E-state index contributed by atoms with van der Waals surface area (Å²) in [6.45, 7) is 5.44. The average Bonchev–Trinajstić information content (AvgIpc) is 3.34. The highest BCUT2D eigenvalue weighted by atomic mass is 35.5. The molecule has 3 atom stereocenters. The molecule has 9 nitrogen and oxygen atoms in total. The van der Waals surface area contributed by atoms with Crippen LogP contribution in [0.15, 0.2) is 24.5 Å². The summed E-state index contributed by atoms with van der Waals surface area (Å²) in [5.41, 5.74) is 6.86. The Bertz CT molecular complexity index is 916. The molecule has 1 aliphatic heterocycles. The lowest BCUT2D eigenvalue weighted by molar-refractivity contribution is -0.141. The van der Waals surface area contributed by atoms with Crippen LogP contribution in [0.4, 0.5) is 4.39 Å². The molecule has 3 N–H and O–H groups in total. The maximum Gasteiger partial charge on any atom is 0.243 e. The van der Waals surface area contributed by atoms with Gasteiger partial charge in [0, 0.05) is 18.0 Å². The molecule has 3 rings (SSSR count). The zero-order valence-electron chi connectivity index (χ0n) is 17.0. The number of benzene rings is 1. The number of hydrogen-bond acceptors (Lipinski definition) is 6. The molecule has 1 fully saturated rings. The highest BCUT2D eigenvalue weighted by Gasteiger charge is 2.43. The van der Waals surface area contributed by atoms with Gasteiger partial charge in [-0.25, -0.2) is 9.07 Å². The maximum atomic E-state index is 14.1. The first kappa shape index (κ1) is 22.1. The summed E-state index contributed by atoms with van der Waals surface area (Å²) in [7, 11) is 0. The topological polar surface area (TPSA) is 119 Å². The van der Waals surface area contributed by atoms with Gasteiger partial charge in [-0.05, 0) is 39.6 Å². The number of halogens is 2. The number of nitrogens with zero attached hydrogens (tertiary/aromatic N) is 5. The van der Waals surface area contributed by atoms with Gasteiger partial charge >= 0.3 is 0 Å². The van der Waals surface area contributed by atoms with Crippen LogP contribution in [0.1, 0.15) is 32.8 Å². The van der Waals surface area contributed by atoms with E-state index in [0.29, 0.717) is 16.3 Å². The van der Waals surface area contributed by atoms with Crippen molar-refractivity contribution in [1.29, 1.82) is 0 Å². The monoisotopic (exact) mass is 437 g/mol. The van der Waals surface area contributed by atoms with Crippen molar-refractivity contribution in [3.05, 3.63) is 35.1 Å². The van der Waals surface area contributed by atoms with Gasteiger partial charge in [-0.2, -0.15) is 0 Å². The molecule has 2 heterocycles. The number of nitrogens with one attached hydrogen (secondary N) is 1. The van der Waals surface area contributed by atoms with Crippen molar-refractivity contribution >= 4 is 23.4 Å². The Hall–Kier alpha value is -2.59. The minimum Gasteiger partial charge on any atom is -0.350 e. The quantitative estimate of drug-likeness (QED) is 0.726. The second-order valence-electron chi connectivity index (χ2n) is 8.43. The van der Waals surface area contributed by atoms with E-state index in [9.17, 15) is 14.0 Å². The van der Waals surface area contributed by atoms with E-state index in [-0.39, 0.29) is 19.5 Å². The number of tetrazole rings is 1. The fourth-order valence-electron chi connectivity index (χ4n) is 3.32. The molecule has 0 spiro atoms. The first-order valence-electron chi connectivity index (χ1n) is 9.57. The van der Waals surface area contributed by atoms with Gasteiger partial charge in [0.1, 0.15) is 18.5 Å². The number of likely N-dealkylation sites (tertiary alicyclic amines) is 1. The van der Waals surface area contributed by atoms with Gasteiger partial charge in [0.25, 0.3) is 0 Å². The summed E-state index contributed by atoms with van der Waals surface area (Å²) in [4.78, 5) is 26.9. The molecular weight excluding hydrogens is 413 g/mol. The molecule has 2 amide bonds. The molecule has 162 valence electrons. The maximum absolute atomic E-state index is 14.1. The normalized spacial score (nSPS) is 20.3. The van der Waals surface area contributed by atoms with Crippen molar-refractivity contribution in [2.75, 3.05) is 6.54 Å². The van der Waals surface area contributed by atoms with Gasteiger partial charge in [0.15, 0.2) is 0 Å².